The molecule has 5 heteroatoms. The molecule has 0 bridgehead atoms. The lowest BCUT2D eigenvalue weighted by molar-refractivity contribution is 0.670. The van der Waals surface area contributed by atoms with Crippen molar-refractivity contribution in [1.82, 2.24) is 15.0 Å². The third-order valence-corrected chi connectivity index (χ3v) is 9.38. The van der Waals surface area contributed by atoms with Crippen molar-refractivity contribution in [3.05, 3.63) is 140 Å². The molecule has 6 aromatic carbocycles. The van der Waals surface area contributed by atoms with Crippen molar-refractivity contribution in [3.63, 3.8) is 0 Å². The van der Waals surface area contributed by atoms with Gasteiger partial charge >= 0.3 is 0 Å². The normalized spacial score (nSPS) is 11.6. The van der Waals surface area contributed by atoms with Gasteiger partial charge in [0.1, 0.15) is 11.2 Å². The lowest BCUT2D eigenvalue weighted by Gasteiger charge is -2.09. The van der Waals surface area contributed by atoms with Crippen LogP contribution < -0.4 is 0 Å². The SMILES string of the molecule is c1ccc(-c2nc(-c3ccccc3)nc(-c3cccc4oc5c(-c6cccc7c6sc6ccccc67)cccc5c34)n2)cc1. The topological polar surface area (TPSA) is 51.8 Å². The molecule has 0 aliphatic rings. The first kappa shape index (κ1) is 24.9. The smallest absolute Gasteiger partial charge is 0.164 e. The number of thiophene rings is 1. The maximum Gasteiger partial charge on any atom is 0.164 e. The number of para-hydroxylation sites is 1. The molecule has 0 saturated heterocycles. The first-order chi connectivity index (χ1) is 21.8. The van der Waals surface area contributed by atoms with E-state index in [1.165, 1.54) is 25.7 Å². The average molecular weight is 582 g/mol. The Morgan fingerprint density at radius 3 is 1.75 bits per heavy atom. The first-order valence-corrected chi connectivity index (χ1v) is 15.4. The van der Waals surface area contributed by atoms with Gasteiger partial charge in [-0.15, -0.1) is 11.3 Å². The quantitative estimate of drug-likeness (QED) is 0.207. The van der Waals surface area contributed by atoms with Crippen molar-refractivity contribution in [3.8, 4) is 45.3 Å². The highest BCUT2D eigenvalue weighted by molar-refractivity contribution is 7.26. The van der Waals surface area contributed by atoms with E-state index in [2.05, 4.69) is 66.7 Å². The molecule has 9 aromatic rings. The molecule has 0 radical (unpaired) electrons. The molecular weight excluding hydrogens is 559 g/mol. The standard InChI is InChI=1S/C39H23N3OS/c1-3-12-24(13-4-1)37-40-38(25-14-5-2-6-15-25)42-39(41-37)31-21-11-22-32-34(31)30-20-9-17-27(35(30)43-32)29-19-10-18-28-26-16-7-8-23-33(26)44-36(28)29/h1-23H. The second kappa shape index (κ2) is 9.97. The molecule has 0 saturated carbocycles. The van der Waals surface area contributed by atoms with E-state index < -0.39 is 0 Å². The molecule has 0 spiro atoms. The Balaban J connectivity index is 1.29. The van der Waals surface area contributed by atoms with Crippen molar-refractivity contribution in [1.29, 1.82) is 0 Å². The van der Waals surface area contributed by atoms with E-state index in [9.17, 15) is 0 Å². The van der Waals surface area contributed by atoms with Crippen LogP contribution in [0.1, 0.15) is 0 Å². The molecular formula is C39H23N3OS. The fourth-order valence-electron chi connectivity index (χ4n) is 6.13. The zero-order chi connectivity index (χ0) is 29.0. The molecule has 0 amide bonds. The van der Waals surface area contributed by atoms with E-state index in [1.807, 2.05) is 84.1 Å². The van der Waals surface area contributed by atoms with Gasteiger partial charge < -0.3 is 4.42 Å². The third kappa shape index (κ3) is 3.94. The fourth-order valence-corrected chi connectivity index (χ4v) is 7.36. The molecule has 206 valence electrons. The minimum absolute atomic E-state index is 0.614. The highest BCUT2D eigenvalue weighted by Gasteiger charge is 2.20. The highest BCUT2D eigenvalue weighted by atomic mass is 32.1. The summed E-state index contributed by atoms with van der Waals surface area (Å²) in [5.74, 6) is 1.88. The van der Waals surface area contributed by atoms with Gasteiger partial charge in [0.25, 0.3) is 0 Å². The number of fused-ring (bicyclic) bond motifs is 6. The van der Waals surface area contributed by atoms with Crippen LogP contribution >= 0.6 is 11.3 Å². The summed E-state index contributed by atoms with van der Waals surface area (Å²) in [6.07, 6.45) is 0. The van der Waals surface area contributed by atoms with E-state index in [4.69, 9.17) is 19.4 Å². The Morgan fingerprint density at radius 1 is 0.432 bits per heavy atom. The first-order valence-electron chi connectivity index (χ1n) is 14.5. The van der Waals surface area contributed by atoms with Gasteiger partial charge in [-0.3, -0.25) is 0 Å². The Kier molecular flexibility index (Phi) is 5.64. The number of furan rings is 1. The van der Waals surface area contributed by atoms with Gasteiger partial charge in [0.15, 0.2) is 17.5 Å². The molecule has 0 N–H and O–H groups in total. The zero-order valence-electron chi connectivity index (χ0n) is 23.4. The van der Waals surface area contributed by atoms with Crippen molar-refractivity contribution < 1.29 is 4.42 Å². The summed E-state index contributed by atoms with van der Waals surface area (Å²) in [4.78, 5) is 14.9. The molecule has 4 nitrogen and oxygen atoms in total. The molecule has 0 fully saturated rings. The van der Waals surface area contributed by atoms with E-state index >= 15 is 0 Å². The minimum Gasteiger partial charge on any atom is -0.455 e. The van der Waals surface area contributed by atoms with Gasteiger partial charge in [-0.2, -0.15) is 0 Å². The molecule has 44 heavy (non-hydrogen) atoms. The van der Waals surface area contributed by atoms with Crippen LogP contribution in [0, 0.1) is 0 Å². The molecule has 0 unspecified atom stereocenters. The summed E-state index contributed by atoms with van der Waals surface area (Å²) < 4.78 is 9.23. The highest BCUT2D eigenvalue weighted by Crippen LogP contribution is 2.44. The Labute approximate surface area is 256 Å². The predicted octanol–water partition coefficient (Wildman–Crippen LogP) is 10.8. The number of nitrogens with zero attached hydrogens (tertiary/aromatic N) is 3. The number of aromatic nitrogens is 3. The summed E-state index contributed by atoms with van der Waals surface area (Å²) >= 11 is 1.83. The lowest BCUT2D eigenvalue weighted by Crippen LogP contribution is -2.00. The van der Waals surface area contributed by atoms with E-state index in [0.29, 0.717) is 17.5 Å². The van der Waals surface area contributed by atoms with Gasteiger partial charge in [0.2, 0.25) is 0 Å². The lowest BCUT2D eigenvalue weighted by atomic mass is 9.99. The van der Waals surface area contributed by atoms with Crippen LogP contribution in [0.25, 0.3) is 87.4 Å². The summed E-state index contributed by atoms with van der Waals surface area (Å²) in [5, 5.41) is 4.59. The summed E-state index contributed by atoms with van der Waals surface area (Å²) in [7, 11) is 0. The van der Waals surface area contributed by atoms with Gasteiger partial charge in [0, 0.05) is 58.8 Å². The van der Waals surface area contributed by atoms with Crippen LogP contribution in [0.5, 0.6) is 0 Å². The molecule has 0 aliphatic heterocycles. The summed E-state index contributed by atoms with van der Waals surface area (Å²) in [6, 6.07) is 47.8. The van der Waals surface area contributed by atoms with Crippen LogP contribution in [0.4, 0.5) is 0 Å². The maximum absolute atomic E-state index is 6.69. The Bertz CT molecular complexity index is 2440. The maximum atomic E-state index is 6.69. The van der Waals surface area contributed by atoms with Crippen molar-refractivity contribution >= 4 is 53.4 Å². The predicted molar refractivity (Wildman–Crippen MR) is 182 cm³/mol. The Morgan fingerprint density at radius 2 is 1.00 bits per heavy atom. The molecule has 3 aromatic heterocycles. The second-order valence-electron chi connectivity index (χ2n) is 10.8. The van der Waals surface area contributed by atoms with Crippen molar-refractivity contribution in [2.75, 3.05) is 0 Å². The number of benzene rings is 6. The average Bonchev–Trinajstić information content (AvgIpc) is 3.68. The molecule has 3 heterocycles. The van der Waals surface area contributed by atoms with Crippen LogP contribution in [-0.2, 0) is 0 Å². The number of hydrogen-bond donors (Lipinski definition) is 0. The van der Waals surface area contributed by atoms with Crippen molar-refractivity contribution in [2.45, 2.75) is 0 Å². The van der Waals surface area contributed by atoms with Gasteiger partial charge in [0.05, 0.1) is 0 Å². The largest absolute Gasteiger partial charge is 0.455 e. The van der Waals surface area contributed by atoms with Crippen LogP contribution in [0.2, 0.25) is 0 Å². The van der Waals surface area contributed by atoms with Crippen LogP contribution in [-0.4, -0.2) is 15.0 Å². The van der Waals surface area contributed by atoms with Crippen molar-refractivity contribution in [2.24, 2.45) is 0 Å². The van der Waals surface area contributed by atoms with Gasteiger partial charge in [-0.05, 0) is 12.1 Å². The van der Waals surface area contributed by atoms with Gasteiger partial charge in [-0.1, -0.05) is 127 Å². The second-order valence-corrected chi connectivity index (χ2v) is 11.8. The monoisotopic (exact) mass is 581 g/mol. The van der Waals surface area contributed by atoms with E-state index in [1.54, 1.807) is 0 Å². The van der Waals surface area contributed by atoms with E-state index in [0.717, 1.165) is 44.2 Å². The minimum atomic E-state index is 0.614. The summed E-state index contributed by atoms with van der Waals surface area (Å²) in [5.41, 5.74) is 6.71. The molecule has 0 atom stereocenters. The van der Waals surface area contributed by atoms with E-state index in [-0.39, 0.29) is 0 Å². The third-order valence-electron chi connectivity index (χ3n) is 8.16. The number of hydrogen-bond acceptors (Lipinski definition) is 5. The van der Waals surface area contributed by atoms with Crippen LogP contribution in [0.15, 0.2) is 144 Å². The summed E-state index contributed by atoms with van der Waals surface area (Å²) in [6.45, 7) is 0. The fraction of sp³-hybridized carbons (Fsp3) is 0. The Hall–Kier alpha value is -5.65. The number of rotatable bonds is 4. The zero-order valence-corrected chi connectivity index (χ0v) is 24.3. The van der Waals surface area contributed by atoms with Crippen LogP contribution in [0.3, 0.4) is 0 Å². The molecule has 9 rings (SSSR count). The van der Waals surface area contributed by atoms with Gasteiger partial charge in [-0.25, -0.2) is 15.0 Å². The molecule has 0 aliphatic carbocycles.